The van der Waals surface area contributed by atoms with Crippen LogP contribution < -0.4 is 0 Å². The maximum atomic E-state index is 10.1. The van der Waals surface area contributed by atoms with Gasteiger partial charge in [-0.1, -0.05) is 97.3 Å². The smallest absolute Gasteiger partial charge is 0.0689 e. The number of nitriles is 1. The van der Waals surface area contributed by atoms with Crippen LogP contribution in [0.15, 0.2) is 0 Å². The van der Waals surface area contributed by atoms with Crippen molar-refractivity contribution >= 4 is 0 Å². The molecule has 0 heterocycles. The monoisotopic (exact) mass is 441 g/mol. The predicted molar refractivity (Wildman–Crippen MR) is 138 cm³/mol. The molecule has 0 spiro atoms. The van der Waals surface area contributed by atoms with Crippen LogP contribution >= 0.6 is 0 Å². The van der Waals surface area contributed by atoms with E-state index >= 15 is 0 Å². The normalized spacial score (nSPS) is 35.2. The lowest BCUT2D eigenvalue weighted by atomic mass is 9.57. The molecule has 0 N–H and O–H groups in total. The molecule has 0 saturated heterocycles. The van der Waals surface area contributed by atoms with Crippen LogP contribution in [0.2, 0.25) is 0 Å². The van der Waals surface area contributed by atoms with Gasteiger partial charge in [0.05, 0.1) is 11.5 Å². The molecule has 1 nitrogen and oxygen atoms in total. The average Bonchev–Trinajstić information content (AvgIpc) is 2.84. The van der Waals surface area contributed by atoms with Crippen molar-refractivity contribution in [3.05, 3.63) is 0 Å². The molecule has 3 aliphatic carbocycles. The zero-order valence-corrected chi connectivity index (χ0v) is 21.9. The summed E-state index contributed by atoms with van der Waals surface area (Å²) in [7, 11) is 0. The number of hydrogen-bond donors (Lipinski definition) is 0. The fourth-order valence-electron chi connectivity index (χ4n) is 7.92. The Hall–Kier alpha value is -0.510. The van der Waals surface area contributed by atoms with Gasteiger partial charge in [-0.05, 0) is 87.4 Å². The molecule has 0 amide bonds. The van der Waals surface area contributed by atoms with Crippen molar-refractivity contribution in [1.82, 2.24) is 0 Å². The van der Waals surface area contributed by atoms with Crippen LogP contribution in [0.3, 0.4) is 0 Å². The molecule has 3 saturated carbocycles. The Morgan fingerprint density at radius 3 is 1.94 bits per heavy atom. The van der Waals surface area contributed by atoms with Gasteiger partial charge < -0.3 is 0 Å². The van der Waals surface area contributed by atoms with Gasteiger partial charge >= 0.3 is 0 Å². The molecule has 0 aliphatic heterocycles. The van der Waals surface area contributed by atoms with Crippen molar-refractivity contribution < 1.29 is 0 Å². The largest absolute Gasteiger partial charge is 0.198 e. The van der Waals surface area contributed by atoms with Gasteiger partial charge in [-0.3, -0.25) is 0 Å². The van der Waals surface area contributed by atoms with E-state index in [0.29, 0.717) is 0 Å². The van der Waals surface area contributed by atoms with Gasteiger partial charge in [0.15, 0.2) is 0 Å². The first kappa shape index (κ1) is 26.1. The Labute approximate surface area is 201 Å². The second-order valence-electron chi connectivity index (χ2n) is 12.4. The van der Waals surface area contributed by atoms with Gasteiger partial charge in [0, 0.05) is 0 Å². The Balaban J connectivity index is 1.36. The zero-order valence-electron chi connectivity index (χ0n) is 21.9. The van der Waals surface area contributed by atoms with Crippen LogP contribution in [0.25, 0.3) is 0 Å². The van der Waals surface area contributed by atoms with Crippen molar-refractivity contribution in [2.24, 2.45) is 35.0 Å². The molecule has 1 heteroatoms. The standard InChI is InChI=1S/C31H55N/c1-3-5-7-9-11-13-26-14-16-27(17-15-26)28-18-19-30-24-31(25-32,22-20-29(30)23-28)21-12-10-8-6-4-2/h26-30H,3-24H2,1-2H3. The molecule has 0 aromatic rings. The van der Waals surface area contributed by atoms with Gasteiger partial charge in [0.2, 0.25) is 0 Å². The quantitative estimate of drug-likeness (QED) is 0.261. The lowest BCUT2D eigenvalue weighted by Crippen LogP contribution is -2.38. The Morgan fingerprint density at radius 2 is 1.25 bits per heavy atom. The van der Waals surface area contributed by atoms with Crippen molar-refractivity contribution in [3.8, 4) is 6.07 Å². The summed E-state index contributed by atoms with van der Waals surface area (Å²) in [4.78, 5) is 0. The topological polar surface area (TPSA) is 23.8 Å². The molecular formula is C31H55N. The van der Waals surface area contributed by atoms with Crippen LogP contribution in [0.4, 0.5) is 0 Å². The lowest BCUT2D eigenvalue weighted by Gasteiger charge is -2.47. The average molecular weight is 442 g/mol. The first-order chi connectivity index (χ1) is 15.7. The van der Waals surface area contributed by atoms with Crippen molar-refractivity contribution in [3.63, 3.8) is 0 Å². The van der Waals surface area contributed by atoms with Gasteiger partial charge in [0.25, 0.3) is 0 Å². The van der Waals surface area contributed by atoms with E-state index in [-0.39, 0.29) is 5.41 Å². The van der Waals surface area contributed by atoms with Crippen molar-refractivity contribution in [1.29, 1.82) is 5.26 Å². The fourth-order valence-corrected chi connectivity index (χ4v) is 7.92. The molecule has 0 bridgehead atoms. The van der Waals surface area contributed by atoms with Crippen molar-refractivity contribution in [2.45, 2.75) is 155 Å². The fraction of sp³-hybridized carbons (Fsp3) is 0.968. The van der Waals surface area contributed by atoms with E-state index in [2.05, 4.69) is 19.9 Å². The highest BCUT2D eigenvalue weighted by molar-refractivity contribution is 5.05. The summed E-state index contributed by atoms with van der Waals surface area (Å²) in [6.45, 7) is 4.60. The SMILES string of the molecule is CCCCCCCC1CCC(C2CCC3CC(C#N)(CCCCCCC)CCC3C2)CC1. The molecule has 3 aliphatic rings. The number of nitrogens with zero attached hydrogens (tertiary/aromatic N) is 1. The first-order valence-electron chi connectivity index (χ1n) is 15.1. The van der Waals surface area contributed by atoms with E-state index in [4.69, 9.17) is 0 Å². The van der Waals surface area contributed by atoms with Gasteiger partial charge in [-0.15, -0.1) is 0 Å². The summed E-state index contributed by atoms with van der Waals surface area (Å²) >= 11 is 0. The minimum atomic E-state index is 0.0371. The van der Waals surface area contributed by atoms with E-state index in [9.17, 15) is 5.26 Å². The highest BCUT2D eigenvalue weighted by Gasteiger charge is 2.44. The van der Waals surface area contributed by atoms with E-state index < -0.39 is 0 Å². The number of unbranched alkanes of at least 4 members (excludes halogenated alkanes) is 8. The maximum absolute atomic E-state index is 10.1. The van der Waals surface area contributed by atoms with E-state index in [1.165, 1.54) is 141 Å². The van der Waals surface area contributed by atoms with Crippen molar-refractivity contribution in [2.75, 3.05) is 0 Å². The third kappa shape index (κ3) is 7.77. The van der Waals surface area contributed by atoms with E-state index in [1.54, 1.807) is 0 Å². The zero-order chi connectivity index (χ0) is 22.7. The van der Waals surface area contributed by atoms with E-state index in [0.717, 1.165) is 29.6 Å². The summed E-state index contributed by atoms with van der Waals surface area (Å²) in [5.74, 6) is 4.92. The van der Waals surface area contributed by atoms with Crippen LogP contribution in [0.1, 0.15) is 155 Å². The Morgan fingerprint density at radius 1 is 0.656 bits per heavy atom. The molecule has 4 unspecified atom stereocenters. The van der Waals surface area contributed by atoms with Gasteiger partial charge in [0.1, 0.15) is 0 Å². The summed E-state index contributed by atoms with van der Waals surface area (Å²) in [6, 6.07) is 2.85. The number of rotatable bonds is 13. The molecule has 0 radical (unpaired) electrons. The third-order valence-corrected chi connectivity index (χ3v) is 10.1. The van der Waals surface area contributed by atoms with Crippen LogP contribution in [0, 0.1) is 46.3 Å². The van der Waals surface area contributed by atoms with Crippen LogP contribution in [-0.4, -0.2) is 0 Å². The van der Waals surface area contributed by atoms with Gasteiger partial charge in [-0.2, -0.15) is 5.26 Å². The summed E-state index contributed by atoms with van der Waals surface area (Å²) in [5.41, 5.74) is 0.0371. The molecule has 4 atom stereocenters. The maximum Gasteiger partial charge on any atom is 0.0689 e. The highest BCUT2D eigenvalue weighted by atomic mass is 14.5. The van der Waals surface area contributed by atoms with Gasteiger partial charge in [-0.25, -0.2) is 0 Å². The predicted octanol–water partition coefficient (Wildman–Crippen LogP) is 10.2. The molecular weight excluding hydrogens is 386 g/mol. The minimum absolute atomic E-state index is 0.0371. The molecule has 0 aromatic heterocycles. The highest BCUT2D eigenvalue weighted by Crippen LogP contribution is 2.53. The number of fused-ring (bicyclic) bond motifs is 1. The number of hydrogen-bond acceptors (Lipinski definition) is 1. The molecule has 184 valence electrons. The molecule has 32 heavy (non-hydrogen) atoms. The Bertz CT molecular complexity index is 539. The van der Waals surface area contributed by atoms with Crippen LogP contribution in [0.5, 0.6) is 0 Å². The summed E-state index contributed by atoms with van der Waals surface area (Å²) < 4.78 is 0. The molecule has 3 rings (SSSR count). The second kappa shape index (κ2) is 14.0. The molecule has 3 fully saturated rings. The third-order valence-electron chi connectivity index (χ3n) is 10.1. The summed E-state index contributed by atoms with van der Waals surface area (Å²) in [6.07, 6.45) is 30.9. The van der Waals surface area contributed by atoms with E-state index in [1.807, 2.05) is 0 Å². The second-order valence-corrected chi connectivity index (χ2v) is 12.4. The lowest BCUT2D eigenvalue weighted by molar-refractivity contribution is 0.0377. The molecule has 0 aromatic carbocycles. The Kier molecular flexibility index (Phi) is 11.4. The minimum Gasteiger partial charge on any atom is -0.198 e. The van der Waals surface area contributed by atoms with Crippen LogP contribution in [-0.2, 0) is 0 Å². The summed E-state index contributed by atoms with van der Waals surface area (Å²) in [5, 5.41) is 10.1. The first-order valence-corrected chi connectivity index (χ1v) is 15.1.